The maximum absolute atomic E-state index is 12.3. The molecule has 0 unspecified atom stereocenters. The Labute approximate surface area is 303 Å². The van der Waals surface area contributed by atoms with Crippen LogP contribution in [0.25, 0.3) is 65.5 Å². The smallest absolute Gasteiger partial charge is 0.162 e. The Morgan fingerprint density at radius 2 is 1.33 bits per heavy atom. The van der Waals surface area contributed by atoms with Crippen LogP contribution in [0.2, 0.25) is 0 Å². The van der Waals surface area contributed by atoms with E-state index in [-0.39, 0.29) is 43.5 Å². The van der Waals surface area contributed by atoms with Crippen molar-refractivity contribution in [3.63, 3.8) is 0 Å². The molecule has 0 aliphatic rings. The topological polar surface area (TPSA) is 63.3 Å². The van der Waals surface area contributed by atoms with Gasteiger partial charge in [-0.25, -0.2) is 0 Å². The molecule has 0 amide bonds. The number of carbonyl (C=O) groups is 1. The van der Waals surface area contributed by atoms with Crippen molar-refractivity contribution in [1.82, 2.24) is 4.98 Å². The van der Waals surface area contributed by atoms with Gasteiger partial charge in [0.2, 0.25) is 0 Å². The van der Waals surface area contributed by atoms with Gasteiger partial charge in [0.1, 0.15) is 5.58 Å². The Kier molecular flexibility index (Phi) is 11.0. The van der Waals surface area contributed by atoms with E-state index in [0.717, 1.165) is 38.6 Å². The molecule has 0 aliphatic heterocycles. The van der Waals surface area contributed by atoms with Gasteiger partial charge >= 0.3 is 0 Å². The van der Waals surface area contributed by atoms with Crippen LogP contribution >= 0.6 is 0 Å². The van der Waals surface area contributed by atoms with Crippen molar-refractivity contribution in [3.8, 4) is 11.3 Å². The van der Waals surface area contributed by atoms with Gasteiger partial charge in [-0.2, -0.15) is 0 Å². The predicted molar refractivity (Wildman–Crippen MR) is 202 cm³/mol. The molecule has 4 nitrogen and oxygen atoms in total. The van der Waals surface area contributed by atoms with Crippen LogP contribution in [-0.4, -0.2) is 15.9 Å². The first-order valence-electron chi connectivity index (χ1n) is 17.3. The number of carbonyl (C=O) groups excluding carboxylic acids is 1. The number of furan rings is 1. The number of pyridine rings is 1. The van der Waals surface area contributed by atoms with Gasteiger partial charge in [0.05, 0.1) is 11.3 Å². The summed E-state index contributed by atoms with van der Waals surface area (Å²) in [4.78, 5) is 16.9. The quantitative estimate of drug-likeness (QED) is 0.0717. The van der Waals surface area contributed by atoms with Crippen molar-refractivity contribution in [1.29, 1.82) is 0 Å². The van der Waals surface area contributed by atoms with E-state index in [1.165, 1.54) is 33.0 Å². The van der Waals surface area contributed by atoms with E-state index in [1.807, 2.05) is 24.3 Å². The number of benzene rings is 5. The molecule has 2 heterocycles. The van der Waals surface area contributed by atoms with Gasteiger partial charge in [-0.15, -0.1) is 18.2 Å². The average molecular weight is 829 g/mol. The normalized spacial score (nSPS) is 12.5. The molecular weight excluding hydrogens is 783 g/mol. The second kappa shape index (κ2) is 14.8. The Hall–Kier alpha value is -4.05. The Bertz CT molecular complexity index is 2210. The molecule has 0 fully saturated rings. The van der Waals surface area contributed by atoms with Crippen LogP contribution in [0, 0.1) is 41.6 Å². The molecule has 0 bridgehead atoms. The van der Waals surface area contributed by atoms with Crippen LogP contribution in [0.15, 0.2) is 101 Å². The third-order valence-corrected chi connectivity index (χ3v) is 9.80. The summed E-state index contributed by atoms with van der Waals surface area (Å²) in [5.74, 6) is 1.63. The average Bonchev–Trinajstić information content (AvgIpc) is 3.42. The molecule has 0 saturated carbocycles. The second-order valence-corrected chi connectivity index (χ2v) is 14.5. The number of ketones is 1. The molecule has 49 heavy (non-hydrogen) atoms. The van der Waals surface area contributed by atoms with Gasteiger partial charge in [-0.1, -0.05) is 115 Å². The second-order valence-electron chi connectivity index (χ2n) is 14.5. The predicted octanol–water partition coefficient (Wildman–Crippen LogP) is 12.2. The van der Waals surface area contributed by atoms with Crippen LogP contribution in [0.1, 0.15) is 55.4 Å². The van der Waals surface area contributed by atoms with Gasteiger partial charge in [-0.3, -0.25) is 4.79 Å². The standard InChI is InChI=1S/C27H14NO.C17H32O2.Ir/c1-2-14-28-23(9-1)20-8-4-7-19-22-15-18-11-10-16-5-3-6-17-12-13-21(25(18)24(16)17)27(22)29-26(19)20;1-10(2)16(11(3)4)14(18)9-15(19)17(12(5)6)13(7)8;/h1-7,9-15H;9-13,16-18H,1-8H3;/q-1;;/b;14-9-;. The van der Waals surface area contributed by atoms with E-state index >= 15 is 0 Å². The van der Waals surface area contributed by atoms with E-state index in [9.17, 15) is 9.90 Å². The maximum Gasteiger partial charge on any atom is 0.162 e. The number of aromatic nitrogens is 1. The van der Waals surface area contributed by atoms with Crippen LogP contribution in [0.4, 0.5) is 0 Å². The van der Waals surface area contributed by atoms with E-state index < -0.39 is 0 Å². The fraction of sp³-hybridized carbons (Fsp3) is 0.318. The number of nitrogens with zero attached hydrogens (tertiary/aromatic N) is 1. The maximum atomic E-state index is 12.3. The molecule has 0 spiro atoms. The fourth-order valence-corrected chi connectivity index (χ4v) is 7.92. The first kappa shape index (κ1) is 36.2. The molecule has 7 aromatic rings. The zero-order valence-corrected chi connectivity index (χ0v) is 32.1. The van der Waals surface area contributed by atoms with Crippen molar-refractivity contribution in [2.45, 2.75) is 55.4 Å². The van der Waals surface area contributed by atoms with E-state index in [1.54, 1.807) is 6.20 Å². The third kappa shape index (κ3) is 6.89. The van der Waals surface area contributed by atoms with E-state index in [2.05, 4.69) is 121 Å². The molecule has 1 N–H and O–H groups in total. The zero-order chi connectivity index (χ0) is 34.3. The van der Waals surface area contributed by atoms with Crippen molar-refractivity contribution in [2.24, 2.45) is 35.5 Å². The number of hydrogen-bond acceptors (Lipinski definition) is 4. The van der Waals surface area contributed by atoms with Gasteiger partial charge < -0.3 is 14.5 Å². The van der Waals surface area contributed by atoms with Crippen LogP contribution < -0.4 is 0 Å². The van der Waals surface area contributed by atoms with Crippen molar-refractivity contribution in [3.05, 3.63) is 103 Å². The van der Waals surface area contributed by atoms with E-state index in [0.29, 0.717) is 23.7 Å². The van der Waals surface area contributed by atoms with Crippen molar-refractivity contribution < 1.29 is 34.4 Å². The van der Waals surface area contributed by atoms with Gasteiger partial charge in [0.15, 0.2) is 5.78 Å². The summed E-state index contributed by atoms with van der Waals surface area (Å²) in [5.41, 5.74) is 3.55. The molecule has 5 heteroatoms. The fourth-order valence-electron chi connectivity index (χ4n) is 7.92. The largest absolute Gasteiger partial charge is 0.512 e. The first-order valence-corrected chi connectivity index (χ1v) is 17.3. The van der Waals surface area contributed by atoms with Crippen molar-refractivity contribution >= 4 is 60.0 Å². The molecule has 255 valence electrons. The summed E-state index contributed by atoms with van der Waals surface area (Å²) in [7, 11) is 0. The number of aliphatic hydroxyl groups is 1. The summed E-state index contributed by atoms with van der Waals surface area (Å²) in [6.45, 7) is 16.6. The Morgan fingerprint density at radius 3 is 1.94 bits per heavy atom. The first-order chi connectivity index (χ1) is 23.0. The molecule has 0 aliphatic carbocycles. The Balaban J connectivity index is 0.000000208. The Morgan fingerprint density at radius 1 is 0.694 bits per heavy atom. The number of rotatable bonds is 8. The summed E-state index contributed by atoms with van der Waals surface area (Å²) < 4.78 is 6.52. The molecule has 2 aromatic heterocycles. The summed E-state index contributed by atoms with van der Waals surface area (Å²) in [6.07, 6.45) is 3.29. The molecule has 7 rings (SSSR count). The van der Waals surface area contributed by atoms with Gasteiger partial charge in [0.25, 0.3) is 0 Å². The number of fused-ring (bicyclic) bond motifs is 4. The monoisotopic (exact) mass is 829 g/mol. The minimum Gasteiger partial charge on any atom is -0.512 e. The minimum atomic E-state index is -0.0119. The molecule has 5 aromatic carbocycles. The number of aliphatic hydroxyl groups excluding tert-OH is 1. The SMILES string of the molecule is CC(C)C(C(=O)/C=C(\O)C(C(C)C)C(C)C)C(C)C.[Ir].[c-]1ccc2c(oc3c2cc2ccc4cccc5ccc3c2c45)c1-c1ccccn1. The van der Waals surface area contributed by atoms with Crippen LogP contribution in [0.5, 0.6) is 0 Å². The molecular formula is C44H46IrNO3-. The summed E-state index contributed by atoms with van der Waals surface area (Å²) in [5, 5.41) is 20.0. The number of allylic oxidation sites excluding steroid dienone is 2. The summed E-state index contributed by atoms with van der Waals surface area (Å²) in [6, 6.07) is 30.9. The molecule has 1 radical (unpaired) electrons. The van der Waals surface area contributed by atoms with Gasteiger partial charge in [0, 0.05) is 60.4 Å². The zero-order valence-electron chi connectivity index (χ0n) is 29.7. The van der Waals surface area contributed by atoms with E-state index in [4.69, 9.17) is 4.42 Å². The van der Waals surface area contributed by atoms with Crippen molar-refractivity contribution in [2.75, 3.05) is 0 Å². The minimum absolute atomic E-state index is 0. The molecule has 0 atom stereocenters. The number of hydrogen-bond donors (Lipinski definition) is 1. The summed E-state index contributed by atoms with van der Waals surface area (Å²) >= 11 is 0. The van der Waals surface area contributed by atoms with Crippen LogP contribution in [0.3, 0.4) is 0 Å². The molecule has 0 saturated heterocycles. The third-order valence-electron chi connectivity index (χ3n) is 9.80. The van der Waals surface area contributed by atoms with Gasteiger partial charge in [-0.05, 0) is 69.1 Å². The van der Waals surface area contributed by atoms with Crippen LogP contribution in [-0.2, 0) is 24.9 Å².